The molecule has 0 saturated carbocycles. The van der Waals surface area contributed by atoms with Gasteiger partial charge in [-0.25, -0.2) is 0 Å². The summed E-state index contributed by atoms with van der Waals surface area (Å²) in [6.45, 7) is 5.79. The Bertz CT molecular complexity index is 196. The van der Waals surface area contributed by atoms with Crippen molar-refractivity contribution in [1.29, 1.82) is 0 Å². The van der Waals surface area contributed by atoms with E-state index in [1.165, 1.54) is 0 Å². The van der Waals surface area contributed by atoms with Crippen LogP contribution in [0.4, 0.5) is 0 Å². The van der Waals surface area contributed by atoms with E-state index in [1.54, 1.807) is 0 Å². The van der Waals surface area contributed by atoms with Crippen molar-refractivity contribution >= 4 is 5.91 Å². The molecule has 1 aliphatic rings. The van der Waals surface area contributed by atoms with Crippen molar-refractivity contribution in [2.45, 2.75) is 19.4 Å². The minimum Gasteiger partial charge on any atom is -0.343 e. The van der Waals surface area contributed by atoms with Gasteiger partial charge in [-0.3, -0.25) is 9.69 Å². The van der Waals surface area contributed by atoms with Crippen LogP contribution in [-0.2, 0) is 4.79 Å². The molecule has 1 N–H and O–H groups in total. The summed E-state index contributed by atoms with van der Waals surface area (Å²) in [4.78, 5) is 15.9. The van der Waals surface area contributed by atoms with Gasteiger partial charge < -0.3 is 10.2 Å². The highest BCUT2D eigenvalue weighted by molar-refractivity contribution is 5.82. The fourth-order valence-corrected chi connectivity index (χ4v) is 1.92. The summed E-state index contributed by atoms with van der Waals surface area (Å²) in [5.74, 6) is 0.249. The number of hydrogen-bond donors (Lipinski definition) is 1. The van der Waals surface area contributed by atoms with Crippen LogP contribution in [0.15, 0.2) is 0 Å². The number of hydrogen-bond acceptors (Lipinski definition) is 3. The SMILES string of the molecule is CCCN1CCN(C)C(=O)C1CNC. The maximum Gasteiger partial charge on any atom is 0.241 e. The van der Waals surface area contributed by atoms with Crippen LogP contribution in [0.2, 0.25) is 0 Å². The van der Waals surface area contributed by atoms with Gasteiger partial charge in [-0.2, -0.15) is 0 Å². The zero-order valence-electron chi connectivity index (χ0n) is 9.42. The lowest BCUT2D eigenvalue weighted by Crippen LogP contribution is -2.58. The van der Waals surface area contributed by atoms with E-state index in [0.29, 0.717) is 0 Å². The maximum atomic E-state index is 11.8. The van der Waals surface area contributed by atoms with Crippen molar-refractivity contribution in [2.24, 2.45) is 0 Å². The second kappa shape index (κ2) is 5.32. The van der Waals surface area contributed by atoms with Gasteiger partial charge in [0, 0.05) is 26.7 Å². The molecule has 4 heteroatoms. The van der Waals surface area contributed by atoms with E-state index in [2.05, 4.69) is 17.1 Å². The Hall–Kier alpha value is -0.610. The zero-order chi connectivity index (χ0) is 10.6. The number of piperazine rings is 1. The van der Waals surface area contributed by atoms with Crippen LogP contribution in [-0.4, -0.2) is 62.0 Å². The lowest BCUT2D eigenvalue weighted by Gasteiger charge is -2.38. The summed E-state index contributed by atoms with van der Waals surface area (Å²) in [5.41, 5.74) is 0. The molecule has 1 amide bonds. The number of carbonyl (C=O) groups is 1. The molecule has 0 aromatic rings. The molecule has 1 heterocycles. The first-order valence-electron chi connectivity index (χ1n) is 5.34. The fraction of sp³-hybridized carbons (Fsp3) is 0.900. The third-order valence-corrected chi connectivity index (χ3v) is 2.73. The highest BCUT2D eigenvalue weighted by Gasteiger charge is 2.31. The Morgan fingerprint density at radius 3 is 2.79 bits per heavy atom. The van der Waals surface area contributed by atoms with Crippen LogP contribution in [0, 0.1) is 0 Å². The third-order valence-electron chi connectivity index (χ3n) is 2.73. The average molecular weight is 199 g/mol. The molecule has 0 aromatic heterocycles. The minimum absolute atomic E-state index is 0.0405. The summed E-state index contributed by atoms with van der Waals surface area (Å²) < 4.78 is 0. The van der Waals surface area contributed by atoms with Gasteiger partial charge in [-0.05, 0) is 20.0 Å². The van der Waals surface area contributed by atoms with Crippen molar-refractivity contribution in [3.05, 3.63) is 0 Å². The number of rotatable bonds is 4. The molecule has 0 aromatic carbocycles. The predicted octanol–water partition coefficient (Wildman–Crippen LogP) is -0.242. The van der Waals surface area contributed by atoms with Gasteiger partial charge in [0.15, 0.2) is 0 Å². The maximum absolute atomic E-state index is 11.8. The van der Waals surface area contributed by atoms with Crippen molar-refractivity contribution in [1.82, 2.24) is 15.1 Å². The Balaban J connectivity index is 2.61. The van der Waals surface area contributed by atoms with Crippen LogP contribution in [0.25, 0.3) is 0 Å². The number of carbonyl (C=O) groups excluding carboxylic acids is 1. The quantitative estimate of drug-likeness (QED) is 0.678. The molecule has 0 aliphatic carbocycles. The van der Waals surface area contributed by atoms with E-state index in [1.807, 2.05) is 19.0 Å². The highest BCUT2D eigenvalue weighted by atomic mass is 16.2. The first-order valence-corrected chi connectivity index (χ1v) is 5.34. The zero-order valence-corrected chi connectivity index (χ0v) is 9.42. The molecular weight excluding hydrogens is 178 g/mol. The Kier molecular flexibility index (Phi) is 4.35. The Morgan fingerprint density at radius 2 is 2.21 bits per heavy atom. The Labute approximate surface area is 86.2 Å². The highest BCUT2D eigenvalue weighted by Crippen LogP contribution is 2.09. The molecule has 1 unspecified atom stereocenters. The van der Waals surface area contributed by atoms with Gasteiger partial charge >= 0.3 is 0 Å². The molecule has 1 fully saturated rings. The predicted molar refractivity (Wildman–Crippen MR) is 57.2 cm³/mol. The average Bonchev–Trinajstić information content (AvgIpc) is 2.18. The van der Waals surface area contributed by atoms with Crippen LogP contribution < -0.4 is 5.32 Å². The van der Waals surface area contributed by atoms with Gasteiger partial charge in [0.1, 0.15) is 6.04 Å². The first-order chi connectivity index (χ1) is 6.70. The fourth-order valence-electron chi connectivity index (χ4n) is 1.92. The van der Waals surface area contributed by atoms with Crippen LogP contribution in [0.3, 0.4) is 0 Å². The lowest BCUT2D eigenvalue weighted by molar-refractivity contribution is -0.139. The number of nitrogens with one attached hydrogen (secondary N) is 1. The molecular formula is C10H21N3O. The lowest BCUT2D eigenvalue weighted by atomic mass is 10.1. The van der Waals surface area contributed by atoms with Crippen LogP contribution >= 0.6 is 0 Å². The normalized spacial score (nSPS) is 24.4. The van der Waals surface area contributed by atoms with E-state index in [9.17, 15) is 4.79 Å². The van der Waals surface area contributed by atoms with E-state index in [0.717, 1.165) is 32.6 Å². The summed E-state index contributed by atoms with van der Waals surface area (Å²) in [5, 5.41) is 3.09. The van der Waals surface area contributed by atoms with E-state index < -0.39 is 0 Å². The summed E-state index contributed by atoms with van der Waals surface area (Å²) in [6.07, 6.45) is 1.11. The molecule has 1 rings (SSSR count). The first kappa shape index (κ1) is 11.5. The summed E-state index contributed by atoms with van der Waals surface area (Å²) in [7, 11) is 3.78. The number of nitrogens with zero attached hydrogens (tertiary/aromatic N) is 2. The topological polar surface area (TPSA) is 35.6 Å². The smallest absolute Gasteiger partial charge is 0.241 e. The summed E-state index contributed by atoms with van der Waals surface area (Å²) >= 11 is 0. The third kappa shape index (κ3) is 2.45. The molecule has 1 atom stereocenters. The molecule has 1 aliphatic heterocycles. The van der Waals surface area contributed by atoms with E-state index >= 15 is 0 Å². The molecule has 14 heavy (non-hydrogen) atoms. The van der Waals surface area contributed by atoms with Crippen molar-refractivity contribution < 1.29 is 4.79 Å². The van der Waals surface area contributed by atoms with E-state index in [4.69, 9.17) is 0 Å². The second-order valence-corrected chi connectivity index (χ2v) is 3.87. The Morgan fingerprint density at radius 1 is 1.50 bits per heavy atom. The van der Waals surface area contributed by atoms with Crippen molar-refractivity contribution in [3.8, 4) is 0 Å². The molecule has 1 saturated heterocycles. The molecule has 0 spiro atoms. The van der Waals surface area contributed by atoms with Crippen molar-refractivity contribution in [3.63, 3.8) is 0 Å². The second-order valence-electron chi connectivity index (χ2n) is 3.87. The standard InChI is InChI=1S/C10H21N3O/c1-4-5-13-7-6-12(3)10(14)9(13)8-11-2/h9,11H,4-8H2,1-3H3. The van der Waals surface area contributed by atoms with Crippen LogP contribution in [0.1, 0.15) is 13.3 Å². The molecule has 0 bridgehead atoms. The molecule has 4 nitrogen and oxygen atoms in total. The van der Waals surface area contributed by atoms with Gasteiger partial charge in [-0.1, -0.05) is 6.92 Å². The van der Waals surface area contributed by atoms with Gasteiger partial charge in [-0.15, -0.1) is 0 Å². The number of likely N-dealkylation sites (N-methyl/N-ethyl adjacent to an activating group) is 2. The minimum atomic E-state index is 0.0405. The van der Waals surface area contributed by atoms with Crippen molar-refractivity contribution in [2.75, 3.05) is 40.3 Å². The largest absolute Gasteiger partial charge is 0.343 e. The van der Waals surface area contributed by atoms with Gasteiger partial charge in [0.25, 0.3) is 0 Å². The summed E-state index contributed by atoms with van der Waals surface area (Å²) in [6, 6.07) is 0.0405. The van der Waals surface area contributed by atoms with Crippen LogP contribution in [0.5, 0.6) is 0 Å². The molecule has 0 radical (unpaired) electrons. The van der Waals surface area contributed by atoms with Gasteiger partial charge in [0.05, 0.1) is 0 Å². The van der Waals surface area contributed by atoms with Gasteiger partial charge in [0.2, 0.25) is 5.91 Å². The molecule has 82 valence electrons. The number of amides is 1. The van der Waals surface area contributed by atoms with E-state index in [-0.39, 0.29) is 11.9 Å². The monoisotopic (exact) mass is 199 g/mol.